The zero-order valence-electron chi connectivity index (χ0n) is 12.6. The van der Waals surface area contributed by atoms with E-state index in [-0.39, 0.29) is 17.9 Å². The molecule has 1 aromatic rings. The number of rotatable bonds is 4. The summed E-state index contributed by atoms with van der Waals surface area (Å²) >= 11 is 0. The van der Waals surface area contributed by atoms with E-state index in [1.165, 1.54) is 0 Å². The molecule has 4 nitrogen and oxygen atoms in total. The number of piperidine rings is 1. The molecule has 1 amide bonds. The Morgan fingerprint density at radius 1 is 1.30 bits per heavy atom. The van der Waals surface area contributed by atoms with Crippen LogP contribution in [0.25, 0.3) is 0 Å². The van der Waals surface area contributed by atoms with Gasteiger partial charge in [-0.2, -0.15) is 0 Å². The van der Waals surface area contributed by atoms with E-state index in [2.05, 4.69) is 17.3 Å². The van der Waals surface area contributed by atoms with Gasteiger partial charge in [0.25, 0.3) is 0 Å². The number of carbonyl (C=O) groups is 1. The SMILES string of the molecule is COc1ccc(C(C)NC(=O)C2CCN(C)CC2)cc1. The van der Waals surface area contributed by atoms with E-state index in [9.17, 15) is 4.79 Å². The Morgan fingerprint density at radius 2 is 1.90 bits per heavy atom. The largest absolute Gasteiger partial charge is 0.497 e. The van der Waals surface area contributed by atoms with Crippen LogP contribution in [0.1, 0.15) is 31.4 Å². The molecule has 2 rings (SSSR count). The van der Waals surface area contributed by atoms with Crippen LogP contribution in [0, 0.1) is 5.92 Å². The summed E-state index contributed by atoms with van der Waals surface area (Å²) in [5, 5.41) is 3.12. The van der Waals surface area contributed by atoms with Crippen molar-refractivity contribution in [1.29, 1.82) is 0 Å². The Labute approximate surface area is 121 Å². The lowest BCUT2D eigenvalue weighted by molar-refractivity contribution is -0.127. The fourth-order valence-electron chi connectivity index (χ4n) is 2.58. The first-order chi connectivity index (χ1) is 9.60. The lowest BCUT2D eigenvalue weighted by Gasteiger charge is -2.29. The first-order valence-corrected chi connectivity index (χ1v) is 7.23. The number of likely N-dealkylation sites (tertiary alicyclic amines) is 1. The molecule has 1 atom stereocenters. The van der Waals surface area contributed by atoms with Crippen LogP contribution in [0.3, 0.4) is 0 Å². The van der Waals surface area contributed by atoms with Gasteiger partial charge in [-0.25, -0.2) is 0 Å². The fourth-order valence-corrected chi connectivity index (χ4v) is 2.58. The van der Waals surface area contributed by atoms with Gasteiger partial charge in [0, 0.05) is 5.92 Å². The molecule has 0 radical (unpaired) electrons. The van der Waals surface area contributed by atoms with Crippen LogP contribution >= 0.6 is 0 Å². The zero-order valence-corrected chi connectivity index (χ0v) is 12.6. The minimum atomic E-state index is 0.0352. The molecule has 4 heteroatoms. The number of nitrogens with zero attached hydrogens (tertiary/aromatic N) is 1. The molecule has 1 N–H and O–H groups in total. The van der Waals surface area contributed by atoms with Crippen molar-refractivity contribution in [3.8, 4) is 5.75 Å². The number of hydrogen-bond donors (Lipinski definition) is 1. The van der Waals surface area contributed by atoms with Crippen molar-refractivity contribution in [1.82, 2.24) is 10.2 Å². The summed E-state index contributed by atoms with van der Waals surface area (Å²) in [4.78, 5) is 14.5. The molecule has 1 aliphatic rings. The van der Waals surface area contributed by atoms with Crippen molar-refractivity contribution >= 4 is 5.91 Å². The highest BCUT2D eigenvalue weighted by atomic mass is 16.5. The van der Waals surface area contributed by atoms with Gasteiger partial charge in [0.1, 0.15) is 5.75 Å². The molecule has 0 aliphatic carbocycles. The quantitative estimate of drug-likeness (QED) is 0.917. The summed E-state index contributed by atoms with van der Waals surface area (Å²) in [6.07, 6.45) is 1.91. The first kappa shape index (κ1) is 14.9. The van der Waals surface area contributed by atoms with E-state index in [1.54, 1.807) is 7.11 Å². The van der Waals surface area contributed by atoms with Crippen molar-refractivity contribution in [3.05, 3.63) is 29.8 Å². The molecule has 0 saturated carbocycles. The smallest absolute Gasteiger partial charge is 0.223 e. The topological polar surface area (TPSA) is 41.6 Å². The van der Waals surface area contributed by atoms with Gasteiger partial charge in [0.2, 0.25) is 5.91 Å². The lowest BCUT2D eigenvalue weighted by atomic mass is 9.95. The second-order valence-electron chi connectivity index (χ2n) is 5.58. The van der Waals surface area contributed by atoms with Crippen LogP contribution < -0.4 is 10.1 Å². The minimum absolute atomic E-state index is 0.0352. The van der Waals surface area contributed by atoms with Crippen LogP contribution in [-0.4, -0.2) is 38.1 Å². The number of ether oxygens (including phenoxy) is 1. The highest BCUT2D eigenvalue weighted by Gasteiger charge is 2.24. The van der Waals surface area contributed by atoms with E-state index in [0.717, 1.165) is 37.2 Å². The molecule has 0 bridgehead atoms. The van der Waals surface area contributed by atoms with E-state index in [0.29, 0.717) is 0 Å². The molecular formula is C16H24N2O2. The van der Waals surface area contributed by atoms with Gasteiger partial charge in [-0.3, -0.25) is 4.79 Å². The van der Waals surface area contributed by atoms with Crippen molar-refractivity contribution < 1.29 is 9.53 Å². The average molecular weight is 276 g/mol. The van der Waals surface area contributed by atoms with Gasteiger partial charge in [-0.15, -0.1) is 0 Å². The molecule has 1 unspecified atom stereocenters. The summed E-state index contributed by atoms with van der Waals surface area (Å²) in [6.45, 7) is 4.04. The van der Waals surface area contributed by atoms with Crippen molar-refractivity contribution in [2.24, 2.45) is 5.92 Å². The zero-order chi connectivity index (χ0) is 14.5. The van der Waals surface area contributed by atoms with Crippen molar-refractivity contribution in [2.45, 2.75) is 25.8 Å². The number of benzene rings is 1. The summed E-state index contributed by atoms with van der Waals surface area (Å²) < 4.78 is 5.14. The second kappa shape index (κ2) is 6.75. The van der Waals surface area contributed by atoms with Crippen molar-refractivity contribution in [2.75, 3.05) is 27.2 Å². The standard InChI is InChI=1S/C16H24N2O2/c1-12(13-4-6-15(20-3)7-5-13)17-16(19)14-8-10-18(2)11-9-14/h4-7,12,14H,8-11H2,1-3H3,(H,17,19). The summed E-state index contributed by atoms with van der Waals surface area (Å²) in [5.41, 5.74) is 1.10. The van der Waals surface area contributed by atoms with Gasteiger partial charge in [0.15, 0.2) is 0 Å². The van der Waals surface area contributed by atoms with Crippen LogP contribution in [0.4, 0.5) is 0 Å². The first-order valence-electron chi connectivity index (χ1n) is 7.23. The predicted octanol–water partition coefficient (Wildman–Crippen LogP) is 2.21. The molecule has 0 spiro atoms. The Kier molecular flexibility index (Phi) is 5.01. The van der Waals surface area contributed by atoms with Gasteiger partial charge in [-0.1, -0.05) is 12.1 Å². The van der Waals surface area contributed by atoms with Crippen LogP contribution in [0.5, 0.6) is 5.75 Å². The van der Waals surface area contributed by atoms with E-state index >= 15 is 0 Å². The molecule has 0 aromatic heterocycles. The maximum absolute atomic E-state index is 12.3. The Morgan fingerprint density at radius 3 is 2.45 bits per heavy atom. The molecular weight excluding hydrogens is 252 g/mol. The maximum Gasteiger partial charge on any atom is 0.223 e. The fraction of sp³-hybridized carbons (Fsp3) is 0.562. The molecule has 110 valence electrons. The van der Waals surface area contributed by atoms with Gasteiger partial charge >= 0.3 is 0 Å². The molecule has 20 heavy (non-hydrogen) atoms. The van der Waals surface area contributed by atoms with E-state index in [1.807, 2.05) is 31.2 Å². The number of amides is 1. The lowest BCUT2D eigenvalue weighted by Crippen LogP contribution is -2.39. The third-order valence-electron chi connectivity index (χ3n) is 4.06. The van der Waals surface area contributed by atoms with Gasteiger partial charge in [0.05, 0.1) is 13.2 Å². The van der Waals surface area contributed by atoms with E-state index < -0.39 is 0 Å². The average Bonchev–Trinajstić information content (AvgIpc) is 2.48. The molecule has 1 fully saturated rings. The van der Waals surface area contributed by atoms with Crippen LogP contribution in [0.15, 0.2) is 24.3 Å². The van der Waals surface area contributed by atoms with Gasteiger partial charge < -0.3 is 15.0 Å². The van der Waals surface area contributed by atoms with E-state index in [4.69, 9.17) is 4.74 Å². The maximum atomic E-state index is 12.3. The van der Waals surface area contributed by atoms with Crippen LogP contribution in [0.2, 0.25) is 0 Å². The molecule has 1 aromatic carbocycles. The minimum Gasteiger partial charge on any atom is -0.497 e. The number of carbonyl (C=O) groups excluding carboxylic acids is 1. The number of methoxy groups -OCH3 is 1. The third-order valence-corrected chi connectivity index (χ3v) is 4.06. The predicted molar refractivity (Wildman–Crippen MR) is 79.8 cm³/mol. The Balaban J connectivity index is 1.89. The highest BCUT2D eigenvalue weighted by molar-refractivity contribution is 5.79. The molecule has 1 saturated heterocycles. The van der Waals surface area contributed by atoms with Gasteiger partial charge in [-0.05, 0) is 57.6 Å². The summed E-state index contributed by atoms with van der Waals surface area (Å²) in [6, 6.07) is 7.88. The number of hydrogen-bond acceptors (Lipinski definition) is 3. The summed E-state index contributed by atoms with van der Waals surface area (Å²) in [7, 11) is 3.76. The normalized spacial score (nSPS) is 18.6. The third kappa shape index (κ3) is 3.73. The Hall–Kier alpha value is -1.55. The monoisotopic (exact) mass is 276 g/mol. The highest BCUT2D eigenvalue weighted by Crippen LogP contribution is 2.20. The molecule has 1 heterocycles. The van der Waals surface area contributed by atoms with Crippen molar-refractivity contribution in [3.63, 3.8) is 0 Å². The number of nitrogens with one attached hydrogen (secondary N) is 1. The van der Waals surface area contributed by atoms with Crippen LogP contribution in [-0.2, 0) is 4.79 Å². The second-order valence-corrected chi connectivity index (χ2v) is 5.58. The Bertz CT molecular complexity index is 436. The molecule has 1 aliphatic heterocycles. The summed E-state index contributed by atoms with van der Waals surface area (Å²) in [5.74, 6) is 1.18.